The molecule has 2 atom stereocenters. The lowest BCUT2D eigenvalue weighted by molar-refractivity contribution is -0.127. The van der Waals surface area contributed by atoms with Crippen molar-refractivity contribution in [3.8, 4) is 5.75 Å². The van der Waals surface area contributed by atoms with Crippen LogP contribution in [0.5, 0.6) is 5.75 Å². The number of ketones is 2. The average molecular weight is 528 g/mol. The minimum Gasteiger partial charge on any atom is -0.483 e. The lowest BCUT2D eigenvalue weighted by Crippen LogP contribution is -2.22. The number of allylic oxidation sites excluding steroid dienone is 5. The van der Waals surface area contributed by atoms with E-state index in [1.807, 2.05) is 24.0 Å². The van der Waals surface area contributed by atoms with Crippen LogP contribution in [0.3, 0.4) is 0 Å². The fraction of sp³-hybridized carbons (Fsp3) is 0.355. The molecule has 0 bridgehead atoms. The number of carbonyl (C=O) groups is 2. The summed E-state index contributed by atoms with van der Waals surface area (Å²) in [6, 6.07) is 11.8. The zero-order chi connectivity index (χ0) is 28.6. The Morgan fingerprint density at radius 1 is 1.00 bits per heavy atom. The van der Waals surface area contributed by atoms with Gasteiger partial charge in [-0.1, -0.05) is 61.6 Å². The van der Waals surface area contributed by atoms with Gasteiger partial charge in [0.15, 0.2) is 17.7 Å². The fourth-order valence-corrected chi connectivity index (χ4v) is 3.84. The Hall–Kier alpha value is -3.61. The first kappa shape index (κ1) is 30.6. The summed E-state index contributed by atoms with van der Waals surface area (Å²) >= 11 is 0. The van der Waals surface area contributed by atoms with E-state index < -0.39 is 24.6 Å². The van der Waals surface area contributed by atoms with Crippen LogP contribution in [0.4, 0.5) is 18.9 Å². The Morgan fingerprint density at radius 2 is 1.61 bits per heavy atom. The molecule has 0 saturated heterocycles. The van der Waals surface area contributed by atoms with Crippen molar-refractivity contribution in [1.29, 1.82) is 0 Å². The Kier molecular flexibility index (Phi) is 10.7. The van der Waals surface area contributed by atoms with Crippen LogP contribution in [0.1, 0.15) is 57.2 Å². The van der Waals surface area contributed by atoms with E-state index >= 15 is 0 Å². The van der Waals surface area contributed by atoms with Gasteiger partial charge in [-0.3, -0.25) is 9.59 Å². The molecule has 2 aromatic carbocycles. The lowest BCUT2D eigenvalue weighted by atomic mass is 9.89. The molecule has 0 heterocycles. The molecule has 2 rings (SSSR count). The van der Waals surface area contributed by atoms with Crippen molar-refractivity contribution < 1.29 is 27.5 Å². The van der Waals surface area contributed by atoms with Gasteiger partial charge in [-0.15, -0.1) is 0 Å². The Labute approximate surface area is 223 Å². The zero-order valence-corrected chi connectivity index (χ0v) is 22.9. The molecule has 0 aliphatic rings. The molecule has 38 heavy (non-hydrogen) atoms. The van der Waals surface area contributed by atoms with Gasteiger partial charge in [0.1, 0.15) is 5.75 Å². The number of hydrogen-bond acceptors (Lipinski definition) is 4. The van der Waals surface area contributed by atoms with Gasteiger partial charge in [-0.05, 0) is 68.2 Å². The predicted molar refractivity (Wildman–Crippen MR) is 147 cm³/mol. The number of nitrogens with zero attached hydrogens (tertiary/aromatic N) is 1. The molecule has 0 fully saturated rings. The number of halogens is 3. The van der Waals surface area contributed by atoms with Crippen molar-refractivity contribution in [2.24, 2.45) is 0 Å². The normalized spacial score (nSPS) is 14.0. The molecule has 0 aliphatic carbocycles. The number of ether oxygens (including phenoxy) is 1. The molecular formula is C31H36F3NO3. The number of rotatable bonds is 12. The highest BCUT2D eigenvalue weighted by Crippen LogP contribution is 2.33. The minimum atomic E-state index is -4.35. The molecule has 204 valence electrons. The molecule has 7 heteroatoms. The van der Waals surface area contributed by atoms with Gasteiger partial charge in [-0.2, -0.15) is 13.2 Å². The first-order valence-electron chi connectivity index (χ1n) is 12.4. The zero-order valence-electron chi connectivity index (χ0n) is 22.9. The monoisotopic (exact) mass is 527 g/mol. The number of carbonyl (C=O) groups excluding carboxylic acids is 2. The van der Waals surface area contributed by atoms with E-state index in [2.05, 4.69) is 6.58 Å². The highest BCUT2D eigenvalue weighted by atomic mass is 19.4. The van der Waals surface area contributed by atoms with Gasteiger partial charge in [0, 0.05) is 25.2 Å². The number of hydrogen-bond donors (Lipinski definition) is 0. The molecule has 0 saturated carbocycles. The summed E-state index contributed by atoms with van der Waals surface area (Å²) in [6.07, 6.45) is -0.741. The highest BCUT2D eigenvalue weighted by Gasteiger charge is 2.29. The summed E-state index contributed by atoms with van der Waals surface area (Å²) in [7, 11) is 1.79. The quantitative estimate of drug-likeness (QED) is 0.211. The molecule has 0 N–H and O–H groups in total. The molecule has 0 radical (unpaired) electrons. The predicted octanol–water partition coefficient (Wildman–Crippen LogP) is 7.54. The Morgan fingerprint density at radius 3 is 2.16 bits per heavy atom. The van der Waals surface area contributed by atoms with Gasteiger partial charge in [0.05, 0.1) is 6.42 Å². The third-order valence-electron chi connectivity index (χ3n) is 6.31. The summed E-state index contributed by atoms with van der Waals surface area (Å²) in [5.41, 5.74) is 3.68. The maximum absolute atomic E-state index is 13.2. The van der Waals surface area contributed by atoms with Crippen LogP contribution in [-0.2, 0) is 22.6 Å². The second-order valence-corrected chi connectivity index (χ2v) is 9.61. The van der Waals surface area contributed by atoms with Crippen LogP contribution in [0.2, 0.25) is 0 Å². The largest absolute Gasteiger partial charge is 0.483 e. The van der Waals surface area contributed by atoms with Gasteiger partial charge >= 0.3 is 6.18 Å². The van der Waals surface area contributed by atoms with Gasteiger partial charge in [0.25, 0.3) is 0 Å². The summed E-state index contributed by atoms with van der Waals surface area (Å²) < 4.78 is 45.1. The van der Waals surface area contributed by atoms with Crippen LogP contribution >= 0.6 is 0 Å². The minimum absolute atomic E-state index is 0.0827. The third kappa shape index (κ3) is 9.05. The summed E-state index contributed by atoms with van der Waals surface area (Å²) in [5.74, 6) is -0.211. The second-order valence-electron chi connectivity index (χ2n) is 9.61. The Bertz CT molecular complexity index is 1210. The molecule has 2 unspecified atom stereocenters. The van der Waals surface area contributed by atoms with E-state index in [9.17, 15) is 22.8 Å². The summed E-state index contributed by atoms with van der Waals surface area (Å²) in [4.78, 5) is 26.5. The molecule has 4 nitrogen and oxygen atoms in total. The van der Waals surface area contributed by atoms with Crippen LogP contribution in [0, 0.1) is 0 Å². The Balaban J connectivity index is 2.38. The summed E-state index contributed by atoms with van der Waals surface area (Å²) in [5, 5.41) is 0. The third-order valence-corrected chi connectivity index (χ3v) is 6.31. The van der Waals surface area contributed by atoms with Crippen molar-refractivity contribution in [1.82, 2.24) is 0 Å². The first-order chi connectivity index (χ1) is 17.7. The number of anilines is 1. The van der Waals surface area contributed by atoms with Crippen molar-refractivity contribution in [2.45, 2.75) is 65.8 Å². The molecule has 0 amide bonds. The smallest absolute Gasteiger partial charge is 0.393 e. The maximum atomic E-state index is 13.2. The second kappa shape index (κ2) is 13.3. The molecular weight excluding hydrogens is 491 g/mol. The molecule has 0 aromatic heterocycles. The lowest BCUT2D eigenvalue weighted by Gasteiger charge is -2.26. The highest BCUT2D eigenvalue weighted by molar-refractivity contribution is 6.00. The number of alkyl halides is 3. The number of Topliss-reactive ketones (excluding diaryl/α,β-unsaturated/α-hetero) is 2. The standard InChI is InChI=1S/C31H36F3NO3/c1-8-20(2)9-10-21(3)30(37)22(4)28-16-13-26(18-31(32,33)34)17-29(28)35(7)19-25-11-14-27(15-12-25)38-24(6)23(5)36/h8-17,22,24H,1,18-19H2,2-7H3/b20-9-,21-10+. The van der Waals surface area contributed by atoms with Crippen LogP contribution < -0.4 is 9.64 Å². The first-order valence-corrected chi connectivity index (χ1v) is 12.4. The van der Waals surface area contributed by atoms with Crippen molar-refractivity contribution >= 4 is 17.3 Å². The van der Waals surface area contributed by atoms with Crippen LogP contribution in [0.25, 0.3) is 0 Å². The molecule has 0 spiro atoms. The van der Waals surface area contributed by atoms with E-state index in [1.54, 1.807) is 64.2 Å². The van der Waals surface area contributed by atoms with Crippen molar-refractivity contribution in [2.75, 3.05) is 11.9 Å². The average Bonchev–Trinajstić information content (AvgIpc) is 2.86. The van der Waals surface area contributed by atoms with Crippen molar-refractivity contribution in [3.05, 3.63) is 95.1 Å². The van der Waals surface area contributed by atoms with E-state index in [0.717, 1.165) is 11.1 Å². The van der Waals surface area contributed by atoms with E-state index in [-0.39, 0.29) is 17.1 Å². The van der Waals surface area contributed by atoms with E-state index in [4.69, 9.17) is 4.74 Å². The summed E-state index contributed by atoms with van der Waals surface area (Å²) in [6.45, 7) is 12.6. The molecule has 0 aliphatic heterocycles. The number of benzene rings is 2. The van der Waals surface area contributed by atoms with E-state index in [1.165, 1.54) is 19.1 Å². The maximum Gasteiger partial charge on any atom is 0.393 e. The van der Waals surface area contributed by atoms with Gasteiger partial charge < -0.3 is 9.64 Å². The van der Waals surface area contributed by atoms with Crippen LogP contribution in [0.15, 0.2) is 78.4 Å². The topological polar surface area (TPSA) is 46.6 Å². The van der Waals surface area contributed by atoms with Gasteiger partial charge in [0.2, 0.25) is 0 Å². The fourth-order valence-electron chi connectivity index (χ4n) is 3.84. The molecule has 2 aromatic rings. The SMILES string of the molecule is C=C/C(C)=C\C=C(/C)C(=O)C(C)c1ccc(CC(F)(F)F)cc1N(C)Cc1ccc(OC(C)C(C)=O)cc1. The van der Waals surface area contributed by atoms with Crippen LogP contribution in [-0.4, -0.2) is 30.9 Å². The van der Waals surface area contributed by atoms with Gasteiger partial charge in [-0.25, -0.2) is 0 Å². The van der Waals surface area contributed by atoms with Crippen molar-refractivity contribution in [3.63, 3.8) is 0 Å². The van der Waals surface area contributed by atoms with E-state index in [0.29, 0.717) is 29.1 Å².